The normalized spacial score (nSPS) is 14.8. The Labute approximate surface area is 147 Å². The second kappa shape index (κ2) is 6.93. The predicted octanol–water partition coefficient (Wildman–Crippen LogP) is 3.65. The van der Waals surface area contributed by atoms with Crippen LogP contribution in [0.2, 0.25) is 0 Å². The summed E-state index contributed by atoms with van der Waals surface area (Å²) in [6.45, 7) is 5.45. The van der Waals surface area contributed by atoms with Crippen molar-refractivity contribution in [3.63, 3.8) is 0 Å². The fraction of sp³-hybridized carbons (Fsp3) is 0.588. The Balaban J connectivity index is 2.25. The van der Waals surface area contributed by atoms with Crippen molar-refractivity contribution in [3.05, 3.63) is 22.8 Å². The Bertz CT molecular complexity index is 655. The largest absolute Gasteiger partial charge is 0.443 e. The molecule has 132 valence electrons. The molecule has 0 atom stereocenters. The Morgan fingerprint density at radius 1 is 1.25 bits per heavy atom. The number of hydrogen-bond acceptors (Lipinski definition) is 6. The maximum absolute atomic E-state index is 12.5. The van der Waals surface area contributed by atoms with E-state index in [1.165, 1.54) is 22.3 Å². The summed E-state index contributed by atoms with van der Waals surface area (Å²) in [7, 11) is 5.34. The zero-order valence-corrected chi connectivity index (χ0v) is 15.9. The molecule has 1 saturated carbocycles. The number of rotatable bonds is 5. The van der Waals surface area contributed by atoms with Gasteiger partial charge < -0.3 is 9.64 Å². The molecule has 6 nitrogen and oxygen atoms in total. The lowest BCUT2D eigenvalue weighted by atomic mass is 10.2. The zero-order valence-electron chi connectivity index (χ0n) is 15.1. The molecule has 1 amide bonds. The Hall–Kier alpha value is -1.89. The van der Waals surface area contributed by atoms with E-state index >= 15 is 0 Å². The molecule has 0 N–H and O–H groups in total. The van der Waals surface area contributed by atoms with Crippen LogP contribution in [0.5, 0.6) is 0 Å². The fourth-order valence-electron chi connectivity index (χ4n) is 1.97. The number of nitrogens with zero attached hydrogens (tertiary/aromatic N) is 3. The molecule has 0 radical (unpaired) electrons. The van der Waals surface area contributed by atoms with Crippen molar-refractivity contribution in [2.45, 2.75) is 45.1 Å². The molecule has 1 aromatic heterocycles. The second-order valence-corrected chi connectivity index (χ2v) is 8.15. The van der Waals surface area contributed by atoms with Crippen LogP contribution < -0.4 is 4.90 Å². The first-order chi connectivity index (χ1) is 11.1. The first-order valence-corrected chi connectivity index (χ1v) is 8.76. The van der Waals surface area contributed by atoms with Gasteiger partial charge in [0.05, 0.1) is 10.6 Å². The average Bonchev–Trinajstić information content (AvgIpc) is 3.21. The quantitative estimate of drug-likeness (QED) is 0.598. The van der Waals surface area contributed by atoms with Crippen LogP contribution in [0, 0.1) is 0 Å². The van der Waals surface area contributed by atoms with Crippen LogP contribution in [0.4, 0.5) is 9.93 Å². The molecule has 1 aliphatic carbocycles. The molecule has 0 unspecified atom stereocenters. The lowest BCUT2D eigenvalue weighted by molar-refractivity contribution is 0.0589. The lowest BCUT2D eigenvalue weighted by Gasteiger charge is -2.23. The Morgan fingerprint density at radius 3 is 2.38 bits per heavy atom. The molecule has 0 saturated heterocycles. The molecule has 0 bridgehead atoms. The molecule has 2 rings (SSSR count). The molecular formula is C17H25N3O3S. The second-order valence-electron chi connectivity index (χ2n) is 7.17. The molecule has 1 heterocycles. The van der Waals surface area contributed by atoms with E-state index in [1.807, 2.05) is 39.8 Å². The number of anilines is 1. The van der Waals surface area contributed by atoms with Crippen molar-refractivity contribution in [3.8, 4) is 0 Å². The molecule has 0 aromatic carbocycles. The van der Waals surface area contributed by atoms with Gasteiger partial charge in [0, 0.05) is 39.3 Å². The van der Waals surface area contributed by atoms with E-state index in [1.54, 1.807) is 13.2 Å². The van der Waals surface area contributed by atoms with Gasteiger partial charge >= 0.3 is 6.09 Å². The van der Waals surface area contributed by atoms with E-state index < -0.39 is 11.7 Å². The number of carbonyl (C=O) groups is 2. The van der Waals surface area contributed by atoms with Crippen LogP contribution in [0.25, 0.3) is 0 Å². The molecule has 1 fully saturated rings. The van der Waals surface area contributed by atoms with Crippen molar-refractivity contribution in [2.75, 3.05) is 26.0 Å². The lowest BCUT2D eigenvalue weighted by Crippen LogP contribution is -2.34. The number of carbonyl (C=O) groups excluding carboxylic acids is 2. The van der Waals surface area contributed by atoms with E-state index in [-0.39, 0.29) is 5.78 Å². The summed E-state index contributed by atoms with van der Waals surface area (Å²) < 4.78 is 5.37. The van der Waals surface area contributed by atoms with E-state index in [4.69, 9.17) is 4.74 Å². The zero-order chi connectivity index (χ0) is 18.1. The summed E-state index contributed by atoms with van der Waals surface area (Å²) in [5, 5.41) is 0.493. The van der Waals surface area contributed by atoms with Crippen LogP contribution in [0.3, 0.4) is 0 Å². The summed E-state index contributed by atoms with van der Waals surface area (Å²) in [5.41, 5.74) is 0.230. The van der Waals surface area contributed by atoms with Gasteiger partial charge in [0.2, 0.25) is 0 Å². The molecule has 24 heavy (non-hydrogen) atoms. The minimum atomic E-state index is -0.574. The van der Waals surface area contributed by atoms with E-state index in [0.29, 0.717) is 15.9 Å². The summed E-state index contributed by atoms with van der Waals surface area (Å²) in [6.07, 6.45) is 4.86. The number of ether oxygens (including phenoxy) is 1. The van der Waals surface area contributed by atoms with Crippen molar-refractivity contribution in [2.24, 2.45) is 0 Å². The van der Waals surface area contributed by atoms with Crippen LogP contribution in [0.1, 0.15) is 54.9 Å². The van der Waals surface area contributed by atoms with Gasteiger partial charge in [0.15, 0.2) is 10.9 Å². The molecular weight excluding hydrogens is 326 g/mol. The number of amides is 1. The molecule has 7 heteroatoms. The summed E-state index contributed by atoms with van der Waals surface area (Å²) in [5.74, 6) is 0.251. The van der Waals surface area contributed by atoms with E-state index in [2.05, 4.69) is 4.98 Å². The first kappa shape index (κ1) is 18.4. The smallest absolute Gasteiger partial charge is 0.416 e. The molecule has 1 aliphatic rings. The monoisotopic (exact) mass is 351 g/mol. The van der Waals surface area contributed by atoms with Crippen molar-refractivity contribution >= 4 is 28.3 Å². The van der Waals surface area contributed by atoms with Crippen LogP contribution in [-0.2, 0) is 4.74 Å². The highest BCUT2D eigenvalue weighted by Gasteiger charge is 2.33. The van der Waals surface area contributed by atoms with Gasteiger partial charge in [-0.3, -0.25) is 9.69 Å². The van der Waals surface area contributed by atoms with Gasteiger partial charge in [-0.25, -0.2) is 9.78 Å². The third-order valence-corrected chi connectivity index (χ3v) is 4.47. The number of thiazole rings is 1. The maximum Gasteiger partial charge on any atom is 0.416 e. The van der Waals surface area contributed by atoms with Crippen molar-refractivity contribution in [1.29, 1.82) is 0 Å². The molecule has 0 spiro atoms. The van der Waals surface area contributed by atoms with Crippen LogP contribution >= 0.6 is 11.3 Å². The molecule has 0 aliphatic heterocycles. The molecule has 1 aromatic rings. The number of aromatic nitrogens is 1. The topological polar surface area (TPSA) is 62.7 Å². The fourth-order valence-corrected chi connectivity index (χ4v) is 3.00. The van der Waals surface area contributed by atoms with Gasteiger partial charge in [-0.2, -0.15) is 0 Å². The highest BCUT2D eigenvalue weighted by molar-refractivity contribution is 7.18. The first-order valence-electron chi connectivity index (χ1n) is 7.95. The third-order valence-electron chi connectivity index (χ3n) is 3.31. The highest BCUT2D eigenvalue weighted by atomic mass is 32.1. The van der Waals surface area contributed by atoms with Crippen LogP contribution in [0.15, 0.2) is 12.3 Å². The minimum absolute atomic E-state index is 0.0769. The van der Waals surface area contributed by atoms with Crippen LogP contribution in [-0.4, -0.2) is 48.5 Å². The summed E-state index contributed by atoms with van der Waals surface area (Å²) in [4.78, 5) is 33.0. The van der Waals surface area contributed by atoms with Crippen molar-refractivity contribution < 1.29 is 14.3 Å². The number of hydrogen-bond donors (Lipinski definition) is 0. The van der Waals surface area contributed by atoms with Gasteiger partial charge in [0.25, 0.3) is 0 Å². The van der Waals surface area contributed by atoms with E-state index in [9.17, 15) is 9.59 Å². The standard InChI is InChI=1S/C17H25N3O3S/c1-17(2,3)23-16(22)20(6)15-18-13(11-7-8-11)14(24-15)12(21)9-10-19(4)5/h9-11H,7-8H2,1-6H3/b10-9+. The maximum atomic E-state index is 12.5. The van der Waals surface area contributed by atoms with Crippen molar-refractivity contribution in [1.82, 2.24) is 9.88 Å². The van der Waals surface area contributed by atoms with Gasteiger partial charge in [-0.15, -0.1) is 0 Å². The van der Waals surface area contributed by atoms with Gasteiger partial charge in [-0.05, 0) is 33.6 Å². The summed E-state index contributed by atoms with van der Waals surface area (Å²) in [6, 6.07) is 0. The minimum Gasteiger partial charge on any atom is -0.443 e. The van der Waals surface area contributed by atoms with Gasteiger partial charge in [0.1, 0.15) is 5.60 Å². The van der Waals surface area contributed by atoms with E-state index in [0.717, 1.165) is 18.5 Å². The predicted molar refractivity (Wildman–Crippen MR) is 95.9 cm³/mol. The van der Waals surface area contributed by atoms with Gasteiger partial charge in [-0.1, -0.05) is 11.3 Å². The number of allylic oxidation sites excluding steroid dienone is 1. The Morgan fingerprint density at radius 2 is 1.88 bits per heavy atom. The third kappa shape index (κ3) is 4.80. The SMILES string of the molecule is CN(C)/C=C/C(=O)c1sc(N(C)C(=O)OC(C)(C)C)nc1C1CC1. The summed E-state index contributed by atoms with van der Waals surface area (Å²) >= 11 is 1.24. The average molecular weight is 351 g/mol. The Kier molecular flexibility index (Phi) is 5.32. The number of ketones is 1. The highest BCUT2D eigenvalue weighted by Crippen LogP contribution is 2.44.